The molecule has 4 heterocycles. The summed E-state index contributed by atoms with van der Waals surface area (Å²) in [5.74, 6) is 0.315. The molecule has 1 aromatic carbocycles. The number of fused-ring (bicyclic) bond motifs is 1. The number of nitrogens with zero attached hydrogens (tertiary/aromatic N) is 6. The summed E-state index contributed by atoms with van der Waals surface area (Å²) in [5.41, 5.74) is 5.64. The first kappa shape index (κ1) is 23.0. The molecule has 35 heavy (non-hydrogen) atoms. The molecule has 0 aliphatic carbocycles. The zero-order valence-electron chi connectivity index (χ0n) is 20.2. The summed E-state index contributed by atoms with van der Waals surface area (Å²) in [6.45, 7) is 5.97. The first-order valence-electron chi connectivity index (χ1n) is 11.7. The average Bonchev–Trinajstić information content (AvgIpc) is 3.52. The summed E-state index contributed by atoms with van der Waals surface area (Å²) in [7, 11) is 3.28. The molecule has 10 heteroatoms. The lowest BCUT2D eigenvalue weighted by molar-refractivity contribution is 0.0955. The second kappa shape index (κ2) is 9.85. The molecule has 0 saturated carbocycles. The van der Waals surface area contributed by atoms with Crippen LogP contribution in [0.1, 0.15) is 16.1 Å². The molecule has 3 aromatic heterocycles. The molecule has 1 N–H and O–H groups in total. The third-order valence-electron chi connectivity index (χ3n) is 6.13. The van der Waals surface area contributed by atoms with Crippen LogP contribution in [0.15, 0.2) is 42.7 Å². The maximum absolute atomic E-state index is 12.9. The van der Waals surface area contributed by atoms with E-state index < -0.39 is 0 Å². The van der Waals surface area contributed by atoms with E-state index in [1.54, 1.807) is 31.2 Å². The Bertz CT molecular complexity index is 1350. The largest absolute Gasteiger partial charge is 0.383 e. The van der Waals surface area contributed by atoms with Crippen molar-refractivity contribution < 1.29 is 14.3 Å². The number of carbonyl (C=O) groups is 1. The second-order valence-electron chi connectivity index (χ2n) is 8.48. The van der Waals surface area contributed by atoms with Gasteiger partial charge in [-0.15, -0.1) is 0 Å². The van der Waals surface area contributed by atoms with Crippen molar-refractivity contribution in [2.45, 2.75) is 13.5 Å². The Kier molecular flexibility index (Phi) is 6.47. The van der Waals surface area contributed by atoms with Gasteiger partial charge in [-0.05, 0) is 19.1 Å². The highest BCUT2D eigenvalue weighted by Gasteiger charge is 2.23. The number of aryl methyl sites for hydroxylation is 1. The highest BCUT2D eigenvalue weighted by Crippen LogP contribution is 2.30. The monoisotopic (exact) mass is 475 g/mol. The number of pyridine rings is 1. The third-order valence-corrected chi connectivity index (χ3v) is 6.13. The molecule has 5 rings (SSSR count). The SMILES string of the molecule is CNC(=O)c1cc(-c2cccc(C)c2)nn1-c1cc(N2CCOCC2)c2ncn(CCOC)c2n1. The number of nitrogens with one attached hydrogen (secondary N) is 1. The van der Waals surface area contributed by atoms with Crippen LogP contribution in [0.4, 0.5) is 5.69 Å². The lowest BCUT2D eigenvalue weighted by Crippen LogP contribution is -2.36. The minimum atomic E-state index is -0.237. The van der Waals surface area contributed by atoms with Crippen molar-refractivity contribution in [1.29, 1.82) is 0 Å². The Balaban J connectivity index is 1.69. The van der Waals surface area contributed by atoms with Crippen LogP contribution in [0.5, 0.6) is 0 Å². The molecule has 0 bridgehead atoms. The van der Waals surface area contributed by atoms with E-state index in [1.807, 2.05) is 35.8 Å². The van der Waals surface area contributed by atoms with Gasteiger partial charge in [-0.3, -0.25) is 4.79 Å². The van der Waals surface area contributed by atoms with Gasteiger partial charge < -0.3 is 24.3 Å². The number of hydrogen-bond donors (Lipinski definition) is 1. The fraction of sp³-hybridized carbons (Fsp3) is 0.360. The predicted molar refractivity (Wildman–Crippen MR) is 133 cm³/mol. The van der Waals surface area contributed by atoms with Crippen LogP contribution in [-0.2, 0) is 16.0 Å². The van der Waals surface area contributed by atoms with Crippen molar-refractivity contribution in [3.8, 4) is 17.1 Å². The molecule has 0 unspecified atom stereocenters. The number of methoxy groups -OCH3 is 1. The van der Waals surface area contributed by atoms with E-state index in [0.29, 0.717) is 43.6 Å². The van der Waals surface area contributed by atoms with E-state index in [9.17, 15) is 4.79 Å². The minimum Gasteiger partial charge on any atom is -0.383 e. The number of aromatic nitrogens is 5. The second-order valence-corrected chi connectivity index (χ2v) is 8.48. The van der Waals surface area contributed by atoms with E-state index in [-0.39, 0.29) is 5.91 Å². The van der Waals surface area contributed by atoms with E-state index in [0.717, 1.165) is 41.1 Å². The Morgan fingerprint density at radius 3 is 2.77 bits per heavy atom. The molecule has 1 amide bonds. The Morgan fingerprint density at radius 1 is 1.20 bits per heavy atom. The van der Waals surface area contributed by atoms with E-state index in [1.165, 1.54) is 0 Å². The quantitative estimate of drug-likeness (QED) is 0.438. The van der Waals surface area contributed by atoms with Gasteiger partial charge in [0.2, 0.25) is 0 Å². The normalized spacial score (nSPS) is 14.0. The average molecular weight is 476 g/mol. The highest BCUT2D eigenvalue weighted by atomic mass is 16.5. The molecule has 1 saturated heterocycles. The lowest BCUT2D eigenvalue weighted by atomic mass is 10.1. The summed E-state index contributed by atoms with van der Waals surface area (Å²) >= 11 is 0. The summed E-state index contributed by atoms with van der Waals surface area (Å²) < 4.78 is 14.4. The Morgan fingerprint density at radius 2 is 2.03 bits per heavy atom. The topological polar surface area (TPSA) is 99.3 Å². The summed E-state index contributed by atoms with van der Waals surface area (Å²) in [4.78, 5) is 24.7. The van der Waals surface area contributed by atoms with Crippen molar-refractivity contribution in [3.63, 3.8) is 0 Å². The molecule has 0 radical (unpaired) electrons. The molecular formula is C25H29N7O3. The molecule has 182 valence electrons. The van der Waals surface area contributed by atoms with Gasteiger partial charge in [-0.25, -0.2) is 14.6 Å². The van der Waals surface area contributed by atoms with Gasteiger partial charge in [0.05, 0.1) is 37.5 Å². The fourth-order valence-electron chi connectivity index (χ4n) is 4.30. The van der Waals surface area contributed by atoms with Crippen LogP contribution in [0.25, 0.3) is 28.2 Å². The van der Waals surface area contributed by atoms with Gasteiger partial charge in [0.1, 0.15) is 11.2 Å². The van der Waals surface area contributed by atoms with Gasteiger partial charge in [0, 0.05) is 45.4 Å². The third kappa shape index (κ3) is 4.50. The van der Waals surface area contributed by atoms with Crippen LogP contribution < -0.4 is 10.2 Å². The molecule has 1 fully saturated rings. The molecule has 10 nitrogen and oxygen atoms in total. The summed E-state index contributed by atoms with van der Waals surface area (Å²) in [5, 5.41) is 7.55. The summed E-state index contributed by atoms with van der Waals surface area (Å²) in [6, 6.07) is 11.8. The van der Waals surface area contributed by atoms with E-state index in [4.69, 9.17) is 19.6 Å². The predicted octanol–water partition coefficient (Wildman–Crippen LogP) is 2.44. The number of hydrogen-bond acceptors (Lipinski definition) is 7. The number of anilines is 1. The number of rotatable bonds is 7. The van der Waals surface area contributed by atoms with Crippen molar-refractivity contribution in [3.05, 3.63) is 54.0 Å². The highest BCUT2D eigenvalue weighted by molar-refractivity contribution is 5.94. The van der Waals surface area contributed by atoms with Crippen LogP contribution in [0.2, 0.25) is 0 Å². The zero-order chi connectivity index (χ0) is 24.4. The minimum absolute atomic E-state index is 0.237. The number of imidazole rings is 1. The van der Waals surface area contributed by atoms with Gasteiger partial charge in [0.15, 0.2) is 11.5 Å². The van der Waals surface area contributed by atoms with Crippen LogP contribution in [0.3, 0.4) is 0 Å². The summed E-state index contributed by atoms with van der Waals surface area (Å²) in [6.07, 6.45) is 1.78. The number of morpholine rings is 1. The van der Waals surface area contributed by atoms with Gasteiger partial charge >= 0.3 is 0 Å². The maximum atomic E-state index is 12.9. The molecule has 1 aliphatic heterocycles. The number of amides is 1. The van der Waals surface area contributed by atoms with Crippen molar-refractivity contribution in [1.82, 2.24) is 29.6 Å². The van der Waals surface area contributed by atoms with Crippen molar-refractivity contribution >= 4 is 22.8 Å². The maximum Gasteiger partial charge on any atom is 0.269 e. The molecular weight excluding hydrogens is 446 g/mol. The Hall–Kier alpha value is -3.76. The fourth-order valence-corrected chi connectivity index (χ4v) is 4.30. The van der Waals surface area contributed by atoms with Gasteiger partial charge in [-0.2, -0.15) is 5.10 Å². The van der Waals surface area contributed by atoms with Crippen LogP contribution in [0, 0.1) is 6.92 Å². The lowest BCUT2D eigenvalue weighted by Gasteiger charge is -2.29. The first-order valence-corrected chi connectivity index (χ1v) is 11.7. The van der Waals surface area contributed by atoms with Crippen LogP contribution >= 0.6 is 0 Å². The standard InChI is InChI=1S/C25H29N7O3/c1-17-5-4-6-18(13-17)19-14-21(25(33)26-2)32(29-19)22-15-20(30-8-11-35-12-9-30)23-24(28-22)31(16-27-23)7-10-34-3/h4-6,13-16H,7-12H2,1-3H3,(H,26,33). The van der Waals surface area contributed by atoms with Crippen molar-refractivity contribution in [2.24, 2.45) is 0 Å². The first-order chi connectivity index (χ1) is 17.1. The van der Waals surface area contributed by atoms with Crippen LogP contribution in [-0.4, -0.2) is 77.3 Å². The van der Waals surface area contributed by atoms with Gasteiger partial charge in [-0.1, -0.05) is 23.8 Å². The van der Waals surface area contributed by atoms with E-state index >= 15 is 0 Å². The molecule has 0 spiro atoms. The number of benzene rings is 1. The number of ether oxygens (including phenoxy) is 2. The molecule has 0 atom stereocenters. The van der Waals surface area contributed by atoms with E-state index in [2.05, 4.69) is 21.3 Å². The number of carbonyl (C=O) groups excluding carboxylic acids is 1. The van der Waals surface area contributed by atoms with Gasteiger partial charge in [0.25, 0.3) is 5.91 Å². The smallest absolute Gasteiger partial charge is 0.269 e. The molecule has 4 aromatic rings. The zero-order valence-corrected chi connectivity index (χ0v) is 20.2. The Labute approximate surface area is 203 Å². The van der Waals surface area contributed by atoms with Crippen molar-refractivity contribution in [2.75, 3.05) is 52.0 Å². The molecule has 1 aliphatic rings.